The highest BCUT2D eigenvalue weighted by atomic mass is 32.1. The van der Waals surface area contributed by atoms with Crippen LogP contribution in [0.2, 0.25) is 0 Å². The van der Waals surface area contributed by atoms with Crippen molar-refractivity contribution in [2.24, 2.45) is 5.92 Å². The van der Waals surface area contributed by atoms with Crippen LogP contribution in [0.25, 0.3) is 10.9 Å². The number of fused-ring (bicyclic) bond motifs is 2. The molecule has 7 nitrogen and oxygen atoms in total. The quantitative estimate of drug-likeness (QED) is 0.446. The van der Waals surface area contributed by atoms with E-state index in [0.717, 1.165) is 30.1 Å². The molecule has 0 amide bonds. The van der Waals surface area contributed by atoms with Crippen molar-refractivity contribution in [3.63, 3.8) is 0 Å². The zero-order chi connectivity index (χ0) is 25.7. The van der Waals surface area contributed by atoms with Crippen LogP contribution in [-0.4, -0.2) is 55.5 Å². The second kappa shape index (κ2) is 7.91. The molecule has 2 aromatic carbocycles. The van der Waals surface area contributed by atoms with Gasteiger partial charge in [-0.3, -0.25) is 14.3 Å². The average Bonchev–Trinajstić information content (AvgIpc) is 3.62. The molecule has 1 spiro atoms. The lowest BCUT2D eigenvalue weighted by Gasteiger charge is -2.61. The SMILES string of the molecule is Cc1ccc(O)c2c1[C@]13CCN(CC4CC4)[C@H](C)[C@]1(O)CC[C@@H](n1c(=S)[nH]c4ccccc4c1=O)[C@@H]3O2. The van der Waals surface area contributed by atoms with Crippen LogP contribution in [0.15, 0.2) is 41.2 Å². The van der Waals surface area contributed by atoms with E-state index in [4.69, 9.17) is 17.0 Å². The Labute approximate surface area is 220 Å². The summed E-state index contributed by atoms with van der Waals surface area (Å²) < 4.78 is 8.69. The largest absolute Gasteiger partial charge is 0.504 e. The Morgan fingerprint density at radius 3 is 2.73 bits per heavy atom. The van der Waals surface area contributed by atoms with Gasteiger partial charge in [-0.2, -0.15) is 0 Å². The molecule has 2 aliphatic carbocycles. The monoisotopic (exact) mass is 519 g/mol. The minimum absolute atomic E-state index is 0.0783. The fourth-order valence-corrected chi connectivity index (χ4v) is 8.16. The first kappa shape index (κ1) is 23.4. The summed E-state index contributed by atoms with van der Waals surface area (Å²) in [5.74, 6) is 1.25. The first-order valence-electron chi connectivity index (χ1n) is 13.5. The third-order valence-electron chi connectivity index (χ3n) is 9.86. The van der Waals surface area contributed by atoms with E-state index in [0.29, 0.717) is 40.7 Å². The van der Waals surface area contributed by atoms with E-state index in [1.54, 1.807) is 10.6 Å². The van der Waals surface area contributed by atoms with Gasteiger partial charge >= 0.3 is 0 Å². The number of H-pyrrole nitrogens is 1. The zero-order valence-electron chi connectivity index (χ0n) is 21.2. The third-order valence-corrected chi connectivity index (χ3v) is 10.2. The number of para-hydroxylation sites is 1. The Kier molecular flexibility index (Phi) is 5.01. The minimum atomic E-state index is -1.07. The van der Waals surface area contributed by atoms with Crippen LogP contribution < -0.4 is 10.3 Å². The summed E-state index contributed by atoms with van der Waals surface area (Å²) in [6, 6.07) is 10.5. The number of likely N-dealkylation sites (tertiary alicyclic amines) is 1. The van der Waals surface area contributed by atoms with Crippen molar-refractivity contribution in [1.82, 2.24) is 14.5 Å². The number of hydrogen-bond acceptors (Lipinski definition) is 6. The molecule has 8 heteroatoms. The second-order valence-electron chi connectivity index (χ2n) is 11.7. The number of nitrogens with zero attached hydrogens (tertiary/aromatic N) is 2. The fraction of sp³-hybridized carbons (Fsp3) is 0.517. The number of aryl methyl sites for hydroxylation is 1. The van der Waals surface area contributed by atoms with Gasteiger partial charge in [-0.1, -0.05) is 18.2 Å². The summed E-state index contributed by atoms with van der Waals surface area (Å²) in [4.78, 5) is 19.5. The number of piperidine rings is 1. The molecule has 3 aromatic rings. The van der Waals surface area contributed by atoms with E-state index >= 15 is 0 Å². The van der Waals surface area contributed by atoms with Crippen LogP contribution in [0.5, 0.6) is 11.5 Å². The number of phenols is 1. The zero-order valence-corrected chi connectivity index (χ0v) is 22.1. The maximum atomic E-state index is 13.8. The third kappa shape index (κ3) is 3.06. The van der Waals surface area contributed by atoms with Gasteiger partial charge < -0.3 is 19.9 Å². The first-order chi connectivity index (χ1) is 17.8. The van der Waals surface area contributed by atoms with Crippen LogP contribution in [0.1, 0.15) is 56.2 Å². The van der Waals surface area contributed by atoms with Gasteiger partial charge in [-0.05, 0) is 94.4 Å². The highest BCUT2D eigenvalue weighted by Gasteiger charge is 2.70. The molecule has 37 heavy (non-hydrogen) atoms. The molecule has 5 atom stereocenters. The van der Waals surface area contributed by atoms with Crippen molar-refractivity contribution in [1.29, 1.82) is 0 Å². The molecule has 3 fully saturated rings. The molecular formula is C29H33N3O4S. The standard InChI is InChI=1S/C29H33N3O4S/c1-16-7-10-22(33)24-23(16)28-13-14-31(15-18-8-9-18)17(2)29(28,35)12-11-21(25(28)36-24)32-26(34)19-5-3-4-6-20(19)30-27(32)37/h3-7,10,17-18,21,25,33,35H,8-9,11-15H2,1-2H3,(H,30,37)/t17-,21-,25+,28+,29-/m1/s1. The molecular weight excluding hydrogens is 486 g/mol. The molecule has 0 unspecified atom stereocenters. The summed E-state index contributed by atoms with van der Waals surface area (Å²) in [6.45, 7) is 6.01. The minimum Gasteiger partial charge on any atom is -0.504 e. The van der Waals surface area contributed by atoms with Gasteiger partial charge in [0.25, 0.3) is 5.56 Å². The van der Waals surface area contributed by atoms with Crippen molar-refractivity contribution in [3.8, 4) is 11.5 Å². The average molecular weight is 520 g/mol. The van der Waals surface area contributed by atoms with Gasteiger partial charge in [0, 0.05) is 18.2 Å². The molecule has 0 bridgehead atoms. The lowest BCUT2D eigenvalue weighted by atomic mass is 9.51. The van der Waals surface area contributed by atoms with Crippen LogP contribution in [0.4, 0.5) is 0 Å². The number of nitrogens with one attached hydrogen (secondary N) is 1. The van der Waals surface area contributed by atoms with E-state index in [-0.39, 0.29) is 23.4 Å². The first-order valence-corrected chi connectivity index (χ1v) is 13.9. The maximum absolute atomic E-state index is 13.8. The van der Waals surface area contributed by atoms with Gasteiger partial charge in [-0.25, -0.2) is 0 Å². The normalized spacial score (nSPS) is 33.0. The number of aromatic hydroxyl groups is 1. The highest BCUT2D eigenvalue weighted by molar-refractivity contribution is 7.71. The van der Waals surface area contributed by atoms with Crippen LogP contribution in [0, 0.1) is 17.6 Å². The van der Waals surface area contributed by atoms with Gasteiger partial charge in [0.2, 0.25) is 0 Å². The number of hydrogen-bond donors (Lipinski definition) is 3. The number of benzene rings is 2. The Morgan fingerprint density at radius 1 is 1.16 bits per heavy atom. The molecule has 2 aliphatic heterocycles. The van der Waals surface area contributed by atoms with Gasteiger partial charge in [0.15, 0.2) is 16.3 Å². The van der Waals surface area contributed by atoms with Crippen molar-refractivity contribution in [2.45, 2.75) is 75.2 Å². The van der Waals surface area contributed by atoms with Crippen molar-refractivity contribution < 1.29 is 14.9 Å². The summed E-state index contributed by atoms with van der Waals surface area (Å²) in [6.07, 6.45) is 3.75. The number of aromatic nitrogens is 2. The van der Waals surface area contributed by atoms with Gasteiger partial charge in [-0.15, -0.1) is 0 Å². The fourth-order valence-electron chi connectivity index (χ4n) is 7.83. The Bertz CT molecular complexity index is 1540. The van der Waals surface area contributed by atoms with Gasteiger partial charge in [0.1, 0.15) is 6.10 Å². The Hall–Kier alpha value is -2.68. The smallest absolute Gasteiger partial charge is 0.262 e. The Balaban J connectivity index is 1.43. The van der Waals surface area contributed by atoms with Crippen molar-refractivity contribution in [3.05, 3.63) is 62.6 Å². The topological polar surface area (TPSA) is 90.7 Å². The summed E-state index contributed by atoms with van der Waals surface area (Å²) >= 11 is 5.75. The molecule has 1 aromatic heterocycles. The van der Waals surface area contributed by atoms with E-state index in [2.05, 4.69) is 16.8 Å². The van der Waals surface area contributed by atoms with Crippen molar-refractivity contribution in [2.75, 3.05) is 13.1 Å². The highest BCUT2D eigenvalue weighted by Crippen LogP contribution is 2.64. The summed E-state index contributed by atoms with van der Waals surface area (Å²) in [5, 5.41) is 24.2. The molecule has 3 N–H and O–H groups in total. The Morgan fingerprint density at radius 2 is 1.95 bits per heavy atom. The summed E-state index contributed by atoms with van der Waals surface area (Å²) in [5.41, 5.74) is 0.614. The number of rotatable bonds is 3. The molecule has 194 valence electrons. The molecule has 2 saturated carbocycles. The van der Waals surface area contributed by atoms with E-state index in [1.807, 2.05) is 37.3 Å². The predicted molar refractivity (Wildman–Crippen MR) is 144 cm³/mol. The molecule has 4 aliphatic rings. The second-order valence-corrected chi connectivity index (χ2v) is 12.0. The van der Waals surface area contributed by atoms with Gasteiger partial charge in [0.05, 0.1) is 28.0 Å². The molecule has 3 heterocycles. The van der Waals surface area contributed by atoms with Crippen molar-refractivity contribution >= 4 is 23.1 Å². The van der Waals surface area contributed by atoms with Crippen LogP contribution >= 0.6 is 12.2 Å². The number of ether oxygens (including phenoxy) is 1. The lowest BCUT2D eigenvalue weighted by molar-refractivity contribution is -0.186. The van der Waals surface area contributed by atoms with Crippen LogP contribution in [0.3, 0.4) is 0 Å². The summed E-state index contributed by atoms with van der Waals surface area (Å²) in [7, 11) is 0. The lowest BCUT2D eigenvalue weighted by Crippen LogP contribution is -2.74. The maximum Gasteiger partial charge on any atom is 0.262 e. The number of aromatic amines is 1. The number of phenolic OH excluding ortho intramolecular Hbond substituents is 1. The van der Waals surface area contributed by atoms with Crippen LogP contribution in [-0.2, 0) is 5.41 Å². The van der Waals surface area contributed by atoms with E-state index in [9.17, 15) is 15.0 Å². The number of aliphatic hydroxyl groups is 1. The molecule has 7 rings (SSSR count). The molecule has 0 radical (unpaired) electrons. The predicted octanol–water partition coefficient (Wildman–Crippen LogP) is 4.34. The molecule has 1 saturated heterocycles. The van der Waals surface area contributed by atoms with E-state index < -0.39 is 17.1 Å². The van der Waals surface area contributed by atoms with E-state index in [1.165, 1.54) is 12.8 Å².